The van der Waals surface area contributed by atoms with E-state index in [1.54, 1.807) is 0 Å². The molecular weight excluding hydrogens is 238 g/mol. The summed E-state index contributed by atoms with van der Waals surface area (Å²) in [4.78, 5) is 14.2. The number of aliphatic hydroxyl groups excluding tert-OH is 1. The molecule has 0 saturated heterocycles. The van der Waals surface area contributed by atoms with Crippen LogP contribution < -0.4 is 0 Å². The Labute approximate surface area is 105 Å². The fraction of sp³-hybridized carbons (Fsp3) is 0.917. The molecule has 1 N–H and O–H groups in total. The quantitative estimate of drug-likeness (QED) is 0.762. The third kappa shape index (κ3) is 3.52. The highest BCUT2D eigenvalue weighted by Gasteiger charge is 2.38. The van der Waals surface area contributed by atoms with Crippen molar-refractivity contribution in [3.05, 3.63) is 0 Å². The zero-order chi connectivity index (χ0) is 12.3. The maximum Gasteiger partial charge on any atom is 0.235 e. The van der Waals surface area contributed by atoms with Crippen LogP contribution in [-0.2, 0) is 15.6 Å². The molecule has 0 aromatic rings. The van der Waals surface area contributed by atoms with Gasteiger partial charge in [-0.3, -0.25) is 9.00 Å². The van der Waals surface area contributed by atoms with E-state index in [0.29, 0.717) is 12.1 Å². The molecule has 2 fully saturated rings. The first-order chi connectivity index (χ1) is 8.22. The van der Waals surface area contributed by atoms with Crippen LogP contribution in [0, 0.1) is 0 Å². The second-order valence-electron chi connectivity index (χ2n) is 4.98. The Morgan fingerprint density at radius 2 is 1.76 bits per heavy atom. The van der Waals surface area contributed by atoms with E-state index in [-0.39, 0.29) is 24.0 Å². The number of nitrogens with zero attached hydrogens (tertiary/aromatic N) is 1. The third-order valence-electron chi connectivity index (χ3n) is 3.55. The van der Waals surface area contributed by atoms with Crippen LogP contribution in [-0.4, -0.2) is 50.3 Å². The van der Waals surface area contributed by atoms with Crippen molar-refractivity contribution < 1.29 is 14.1 Å². The van der Waals surface area contributed by atoms with Crippen molar-refractivity contribution in [2.75, 3.05) is 18.1 Å². The van der Waals surface area contributed by atoms with Gasteiger partial charge in [-0.25, -0.2) is 0 Å². The minimum atomic E-state index is -1.20. The summed E-state index contributed by atoms with van der Waals surface area (Å²) in [7, 11) is -1.20. The molecule has 4 nitrogen and oxygen atoms in total. The van der Waals surface area contributed by atoms with Crippen LogP contribution in [0.2, 0.25) is 0 Å². The Morgan fingerprint density at radius 1 is 1.18 bits per heavy atom. The fourth-order valence-electron chi connectivity index (χ4n) is 2.63. The van der Waals surface area contributed by atoms with Gasteiger partial charge in [-0.15, -0.1) is 0 Å². The summed E-state index contributed by atoms with van der Waals surface area (Å²) in [5.41, 5.74) is 0. The summed E-state index contributed by atoms with van der Waals surface area (Å²) >= 11 is 0. The molecule has 1 amide bonds. The number of aliphatic hydroxyl groups is 1. The zero-order valence-corrected chi connectivity index (χ0v) is 11.0. The topological polar surface area (TPSA) is 57.6 Å². The SMILES string of the molecule is O=C(CS(=O)CCO)N(C1CCCC1)C1CC1. The Balaban J connectivity index is 1.91. The van der Waals surface area contributed by atoms with Crippen LogP contribution in [0.15, 0.2) is 0 Å². The summed E-state index contributed by atoms with van der Waals surface area (Å²) in [6.45, 7) is -0.104. The van der Waals surface area contributed by atoms with Crippen LogP contribution in [0.5, 0.6) is 0 Å². The van der Waals surface area contributed by atoms with Gasteiger partial charge >= 0.3 is 0 Å². The Hall–Kier alpha value is -0.420. The summed E-state index contributed by atoms with van der Waals surface area (Å²) < 4.78 is 11.5. The largest absolute Gasteiger partial charge is 0.395 e. The van der Waals surface area contributed by atoms with Crippen molar-refractivity contribution in [1.29, 1.82) is 0 Å². The van der Waals surface area contributed by atoms with E-state index in [2.05, 4.69) is 0 Å². The average molecular weight is 259 g/mol. The van der Waals surface area contributed by atoms with E-state index in [0.717, 1.165) is 25.7 Å². The normalized spacial score (nSPS) is 22.6. The predicted molar refractivity (Wildman–Crippen MR) is 67.1 cm³/mol. The maximum absolute atomic E-state index is 12.1. The van der Waals surface area contributed by atoms with E-state index in [1.165, 1.54) is 12.8 Å². The second-order valence-corrected chi connectivity index (χ2v) is 6.56. The summed E-state index contributed by atoms with van der Waals surface area (Å²) in [5.74, 6) is 0.342. The Morgan fingerprint density at radius 3 is 2.29 bits per heavy atom. The molecule has 2 saturated carbocycles. The first-order valence-electron chi connectivity index (χ1n) is 6.49. The third-order valence-corrected chi connectivity index (χ3v) is 4.76. The minimum Gasteiger partial charge on any atom is -0.395 e. The smallest absolute Gasteiger partial charge is 0.235 e. The van der Waals surface area contributed by atoms with Gasteiger partial charge in [0.15, 0.2) is 0 Å². The summed E-state index contributed by atoms with van der Waals surface area (Å²) in [5, 5.41) is 8.70. The molecule has 1 unspecified atom stereocenters. The first kappa shape index (κ1) is 13.0. The number of rotatable bonds is 6. The van der Waals surface area contributed by atoms with Gasteiger partial charge in [0.1, 0.15) is 5.75 Å². The summed E-state index contributed by atoms with van der Waals surface area (Å²) in [6, 6.07) is 0.804. The standard InChI is InChI=1S/C12H21NO3S/c14-7-8-17(16)9-12(15)13(11-5-6-11)10-3-1-2-4-10/h10-11,14H,1-9H2. The minimum absolute atomic E-state index is 0.0335. The van der Waals surface area contributed by atoms with Gasteiger partial charge in [-0.2, -0.15) is 0 Å². The molecular formula is C12H21NO3S. The molecule has 17 heavy (non-hydrogen) atoms. The number of carbonyl (C=O) groups is 1. The van der Waals surface area contributed by atoms with Gasteiger partial charge in [0.25, 0.3) is 0 Å². The molecule has 0 aromatic carbocycles. The predicted octanol–water partition coefficient (Wildman–Crippen LogP) is 0.661. The molecule has 0 heterocycles. The molecule has 0 bridgehead atoms. The van der Waals surface area contributed by atoms with Crippen molar-refractivity contribution in [3.63, 3.8) is 0 Å². The highest BCUT2D eigenvalue weighted by molar-refractivity contribution is 7.85. The van der Waals surface area contributed by atoms with E-state index < -0.39 is 10.8 Å². The highest BCUT2D eigenvalue weighted by Crippen LogP contribution is 2.34. The molecule has 0 aliphatic heterocycles. The van der Waals surface area contributed by atoms with Crippen LogP contribution in [0.1, 0.15) is 38.5 Å². The number of amides is 1. The van der Waals surface area contributed by atoms with Crippen molar-refractivity contribution in [2.24, 2.45) is 0 Å². The number of carbonyl (C=O) groups excluding carboxylic acids is 1. The molecule has 2 rings (SSSR count). The van der Waals surface area contributed by atoms with Gasteiger partial charge in [-0.05, 0) is 25.7 Å². The van der Waals surface area contributed by atoms with E-state index in [4.69, 9.17) is 5.11 Å². The van der Waals surface area contributed by atoms with Crippen LogP contribution in [0.4, 0.5) is 0 Å². The molecule has 0 aromatic heterocycles. The van der Waals surface area contributed by atoms with Gasteiger partial charge in [0, 0.05) is 28.6 Å². The lowest BCUT2D eigenvalue weighted by molar-refractivity contribution is -0.131. The van der Waals surface area contributed by atoms with Crippen LogP contribution in [0.3, 0.4) is 0 Å². The van der Waals surface area contributed by atoms with Crippen molar-refractivity contribution >= 4 is 16.7 Å². The van der Waals surface area contributed by atoms with Crippen molar-refractivity contribution in [1.82, 2.24) is 4.90 Å². The fourth-order valence-corrected chi connectivity index (χ4v) is 3.40. The van der Waals surface area contributed by atoms with Gasteiger partial charge < -0.3 is 10.0 Å². The molecule has 0 spiro atoms. The molecule has 5 heteroatoms. The summed E-state index contributed by atoms with van der Waals surface area (Å²) in [6.07, 6.45) is 6.84. The number of hydrogen-bond donors (Lipinski definition) is 1. The van der Waals surface area contributed by atoms with Crippen LogP contribution in [0.25, 0.3) is 0 Å². The highest BCUT2D eigenvalue weighted by atomic mass is 32.2. The monoisotopic (exact) mass is 259 g/mol. The Bertz CT molecular complexity index is 298. The molecule has 0 radical (unpaired) electrons. The van der Waals surface area contributed by atoms with Gasteiger partial charge in [-0.1, -0.05) is 12.8 Å². The van der Waals surface area contributed by atoms with Gasteiger partial charge in [0.2, 0.25) is 5.91 Å². The van der Waals surface area contributed by atoms with Crippen molar-refractivity contribution in [2.45, 2.75) is 50.6 Å². The molecule has 2 aliphatic rings. The van der Waals surface area contributed by atoms with E-state index in [1.807, 2.05) is 4.90 Å². The molecule has 98 valence electrons. The van der Waals surface area contributed by atoms with Gasteiger partial charge in [0.05, 0.1) is 6.61 Å². The lowest BCUT2D eigenvalue weighted by Crippen LogP contribution is -2.43. The zero-order valence-electron chi connectivity index (χ0n) is 10.1. The van der Waals surface area contributed by atoms with Crippen LogP contribution >= 0.6 is 0 Å². The first-order valence-corrected chi connectivity index (χ1v) is 7.98. The Kier molecular flexibility index (Phi) is 4.56. The molecule has 1 atom stereocenters. The lowest BCUT2D eigenvalue weighted by Gasteiger charge is -2.29. The number of hydrogen-bond acceptors (Lipinski definition) is 3. The molecule has 2 aliphatic carbocycles. The lowest BCUT2D eigenvalue weighted by atomic mass is 10.2. The van der Waals surface area contributed by atoms with Crippen molar-refractivity contribution in [3.8, 4) is 0 Å². The van der Waals surface area contributed by atoms with E-state index >= 15 is 0 Å². The van der Waals surface area contributed by atoms with E-state index in [9.17, 15) is 9.00 Å². The second kappa shape index (κ2) is 5.96. The average Bonchev–Trinajstić information content (AvgIpc) is 2.94. The maximum atomic E-state index is 12.1.